The standard InChI is InChI=1S/C25H24N4O4S/c30-25(18-7-13-22(14-8-18)34(31,32)27-16-21-4-3-15-33-21)28-19-9-11-20(12-10-19)29-17-26-23-5-1-2-6-24(23)29/h1-2,5-14,17,21,27H,3-4,15-16H2,(H,28,30). The molecule has 1 aliphatic heterocycles. The summed E-state index contributed by atoms with van der Waals surface area (Å²) < 4.78 is 35.0. The van der Waals surface area contributed by atoms with Crippen molar-refractivity contribution < 1.29 is 17.9 Å². The fraction of sp³-hybridized carbons (Fsp3) is 0.200. The molecule has 1 amide bonds. The summed E-state index contributed by atoms with van der Waals surface area (Å²) in [5, 5.41) is 2.84. The molecule has 5 rings (SSSR count). The Bertz CT molecular complexity index is 1410. The molecule has 1 atom stereocenters. The minimum Gasteiger partial charge on any atom is -0.377 e. The number of imidazole rings is 1. The fourth-order valence-electron chi connectivity index (χ4n) is 3.95. The van der Waals surface area contributed by atoms with Crippen LogP contribution in [0.25, 0.3) is 16.7 Å². The summed E-state index contributed by atoms with van der Waals surface area (Å²) in [5.41, 5.74) is 3.83. The SMILES string of the molecule is O=C(Nc1ccc(-n2cnc3ccccc32)cc1)c1ccc(S(=O)(=O)NCC2CCCO2)cc1. The van der Waals surface area contributed by atoms with Gasteiger partial charge in [-0.05, 0) is 73.5 Å². The van der Waals surface area contributed by atoms with Crippen LogP contribution in [-0.2, 0) is 14.8 Å². The minimum atomic E-state index is -3.66. The number of benzene rings is 3. The highest BCUT2D eigenvalue weighted by Crippen LogP contribution is 2.20. The second kappa shape index (κ2) is 9.38. The van der Waals surface area contributed by atoms with Crippen LogP contribution >= 0.6 is 0 Å². The zero-order valence-corrected chi connectivity index (χ0v) is 19.2. The Kier molecular flexibility index (Phi) is 6.14. The lowest BCUT2D eigenvalue weighted by Crippen LogP contribution is -2.31. The topological polar surface area (TPSA) is 102 Å². The van der Waals surface area contributed by atoms with Crippen LogP contribution in [-0.4, -0.2) is 43.1 Å². The van der Waals surface area contributed by atoms with Gasteiger partial charge in [0.25, 0.3) is 5.91 Å². The number of hydrogen-bond donors (Lipinski definition) is 2. The summed E-state index contributed by atoms with van der Waals surface area (Å²) in [5.74, 6) is -0.322. The number of carbonyl (C=O) groups excluding carboxylic acids is 1. The molecule has 0 aliphatic carbocycles. The van der Waals surface area contributed by atoms with Crippen molar-refractivity contribution in [3.63, 3.8) is 0 Å². The summed E-state index contributed by atoms with van der Waals surface area (Å²) in [7, 11) is -3.66. The van der Waals surface area contributed by atoms with Crippen LogP contribution in [0.1, 0.15) is 23.2 Å². The van der Waals surface area contributed by atoms with Crippen LogP contribution in [0.4, 0.5) is 5.69 Å². The maximum atomic E-state index is 12.7. The molecule has 9 heteroatoms. The Labute approximate surface area is 197 Å². The second-order valence-corrected chi connectivity index (χ2v) is 9.88. The summed E-state index contributed by atoms with van der Waals surface area (Å²) in [6.07, 6.45) is 3.48. The van der Waals surface area contributed by atoms with Crippen LogP contribution in [0.2, 0.25) is 0 Å². The van der Waals surface area contributed by atoms with Crippen molar-refractivity contribution in [2.75, 3.05) is 18.5 Å². The van der Waals surface area contributed by atoms with E-state index in [2.05, 4.69) is 15.0 Å². The number of sulfonamides is 1. The largest absolute Gasteiger partial charge is 0.377 e. The minimum absolute atomic E-state index is 0.0845. The Morgan fingerprint density at radius 1 is 1.03 bits per heavy atom. The molecular formula is C25H24N4O4S. The van der Waals surface area contributed by atoms with Gasteiger partial charge in [0.05, 0.1) is 22.0 Å². The van der Waals surface area contributed by atoms with Gasteiger partial charge in [-0.3, -0.25) is 9.36 Å². The lowest BCUT2D eigenvalue weighted by molar-refractivity contribution is 0.102. The number of amides is 1. The third kappa shape index (κ3) is 4.72. The molecule has 0 spiro atoms. The quantitative estimate of drug-likeness (QED) is 0.423. The summed E-state index contributed by atoms with van der Waals surface area (Å²) >= 11 is 0. The van der Waals surface area contributed by atoms with E-state index in [1.54, 1.807) is 6.33 Å². The van der Waals surface area contributed by atoms with Crippen molar-refractivity contribution in [1.82, 2.24) is 14.3 Å². The van der Waals surface area contributed by atoms with E-state index in [-0.39, 0.29) is 23.5 Å². The molecule has 1 aliphatic rings. The smallest absolute Gasteiger partial charge is 0.255 e. The molecule has 4 aromatic rings. The van der Waals surface area contributed by atoms with Crippen LogP contribution < -0.4 is 10.0 Å². The number of nitrogens with one attached hydrogen (secondary N) is 2. The van der Waals surface area contributed by atoms with Crippen molar-refractivity contribution in [1.29, 1.82) is 0 Å². The molecule has 0 bridgehead atoms. The zero-order chi connectivity index (χ0) is 23.5. The number of carbonyl (C=O) groups is 1. The van der Waals surface area contributed by atoms with E-state index in [1.165, 1.54) is 24.3 Å². The molecule has 3 aromatic carbocycles. The molecule has 1 aromatic heterocycles. The van der Waals surface area contributed by atoms with Gasteiger partial charge >= 0.3 is 0 Å². The highest BCUT2D eigenvalue weighted by Gasteiger charge is 2.20. The number of nitrogens with zero attached hydrogens (tertiary/aromatic N) is 2. The summed E-state index contributed by atoms with van der Waals surface area (Å²) in [6, 6.07) is 21.2. The van der Waals surface area contributed by atoms with E-state index in [0.29, 0.717) is 17.9 Å². The number of rotatable bonds is 7. The van der Waals surface area contributed by atoms with Gasteiger partial charge < -0.3 is 10.1 Å². The van der Waals surface area contributed by atoms with Crippen LogP contribution in [0, 0.1) is 0 Å². The monoisotopic (exact) mass is 476 g/mol. The Morgan fingerprint density at radius 2 is 1.79 bits per heavy atom. The molecule has 8 nitrogen and oxygen atoms in total. The van der Waals surface area contributed by atoms with Gasteiger partial charge in [-0.1, -0.05) is 12.1 Å². The fourth-order valence-corrected chi connectivity index (χ4v) is 5.02. The number of anilines is 1. The van der Waals surface area contributed by atoms with Crippen LogP contribution in [0.15, 0.2) is 84.0 Å². The third-order valence-corrected chi connectivity index (χ3v) is 7.25. The molecular weight excluding hydrogens is 452 g/mol. The number of aromatic nitrogens is 2. The average molecular weight is 477 g/mol. The van der Waals surface area contributed by atoms with E-state index in [1.807, 2.05) is 53.1 Å². The number of fused-ring (bicyclic) bond motifs is 1. The molecule has 1 unspecified atom stereocenters. The van der Waals surface area contributed by atoms with Crippen molar-refractivity contribution >= 4 is 32.7 Å². The van der Waals surface area contributed by atoms with Crippen molar-refractivity contribution in [2.24, 2.45) is 0 Å². The zero-order valence-electron chi connectivity index (χ0n) is 18.3. The summed E-state index contributed by atoms with van der Waals surface area (Å²) in [6.45, 7) is 0.912. The molecule has 2 heterocycles. The molecule has 34 heavy (non-hydrogen) atoms. The number of hydrogen-bond acceptors (Lipinski definition) is 5. The first-order chi connectivity index (χ1) is 16.5. The third-order valence-electron chi connectivity index (χ3n) is 5.81. The molecule has 0 radical (unpaired) electrons. The van der Waals surface area contributed by atoms with Crippen LogP contribution in [0.3, 0.4) is 0 Å². The van der Waals surface area contributed by atoms with Gasteiger partial charge in [-0.25, -0.2) is 18.1 Å². The van der Waals surface area contributed by atoms with Crippen LogP contribution in [0.5, 0.6) is 0 Å². The van der Waals surface area contributed by atoms with E-state index >= 15 is 0 Å². The van der Waals surface area contributed by atoms with Crippen molar-refractivity contribution in [2.45, 2.75) is 23.8 Å². The second-order valence-electron chi connectivity index (χ2n) is 8.12. The number of ether oxygens (including phenoxy) is 1. The Balaban J connectivity index is 1.23. The van der Waals surface area contributed by atoms with Crippen molar-refractivity contribution in [3.8, 4) is 5.69 Å². The lowest BCUT2D eigenvalue weighted by atomic mass is 10.2. The van der Waals surface area contributed by atoms with E-state index in [0.717, 1.165) is 29.6 Å². The molecule has 174 valence electrons. The van der Waals surface area contributed by atoms with Gasteiger partial charge in [-0.2, -0.15) is 0 Å². The van der Waals surface area contributed by atoms with Gasteiger partial charge in [0.15, 0.2) is 0 Å². The molecule has 2 N–H and O–H groups in total. The molecule has 1 fully saturated rings. The lowest BCUT2D eigenvalue weighted by Gasteiger charge is -2.12. The van der Waals surface area contributed by atoms with Gasteiger partial charge in [0.2, 0.25) is 10.0 Å². The normalized spacial score (nSPS) is 16.1. The Hall–Kier alpha value is -3.53. The summed E-state index contributed by atoms with van der Waals surface area (Å²) in [4.78, 5) is 17.2. The molecule has 0 saturated carbocycles. The first kappa shape index (κ1) is 22.3. The highest BCUT2D eigenvalue weighted by atomic mass is 32.2. The predicted molar refractivity (Wildman–Crippen MR) is 130 cm³/mol. The van der Waals surface area contributed by atoms with Crippen molar-refractivity contribution in [3.05, 3.63) is 84.7 Å². The molecule has 1 saturated heterocycles. The first-order valence-corrected chi connectivity index (χ1v) is 12.5. The van der Waals surface area contributed by atoms with Gasteiger partial charge in [-0.15, -0.1) is 0 Å². The van der Waals surface area contributed by atoms with E-state index in [4.69, 9.17) is 4.74 Å². The van der Waals surface area contributed by atoms with E-state index < -0.39 is 10.0 Å². The van der Waals surface area contributed by atoms with Gasteiger partial charge in [0.1, 0.15) is 6.33 Å². The number of para-hydroxylation sites is 2. The average Bonchev–Trinajstić information content (AvgIpc) is 3.54. The first-order valence-electron chi connectivity index (χ1n) is 11.0. The maximum absolute atomic E-state index is 12.7. The van der Waals surface area contributed by atoms with E-state index in [9.17, 15) is 13.2 Å². The maximum Gasteiger partial charge on any atom is 0.255 e. The highest BCUT2D eigenvalue weighted by molar-refractivity contribution is 7.89. The Morgan fingerprint density at radius 3 is 2.53 bits per heavy atom. The predicted octanol–water partition coefficient (Wildman–Crippen LogP) is 3.74. The van der Waals surface area contributed by atoms with Gasteiger partial charge in [0, 0.05) is 30.1 Å².